The topological polar surface area (TPSA) is 3.24 Å². The minimum Gasteiger partial charge on any atom is -0.296 e. The Bertz CT molecular complexity index is 193. The molecular weight excluding hydrogens is 182 g/mol. The van der Waals surface area contributed by atoms with Gasteiger partial charge in [0.2, 0.25) is 0 Å². The van der Waals surface area contributed by atoms with Crippen molar-refractivity contribution in [2.24, 2.45) is 5.92 Å². The highest BCUT2D eigenvalue weighted by Gasteiger charge is 2.47. The Morgan fingerprint density at radius 1 is 1.54 bits per heavy atom. The van der Waals surface area contributed by atoms with Crippen LogP contribution in [0.5, 0.6) is 0 Å². The molecule has 0 bridgehead atoms. The molecular formula is C11H20ClN. The first-order valence-corrected chi connectivity index (χ1v) is 5.95. The van der Waals surface area contributed by atoms with Gasteiger partial charge in [-0.15, -0.1) is 11.6 Å². The van der Waals surface area contributed by atoms with Gasteiger partial charge in [0.25, 0.3) is 0 Å². The summed E-state index contributed by atoms with van der Waals surface area (Å²) < 4.78 is 0. The Labute approximate surface area is 86.4 Å². The van der Waals surface area contributed by atoms with Crippen LogP contribution >= 0.6 is 11.6 Å². The van der Waals surface area contributed by atoms with E-state index in [1.165, 1.54) is 32.2 Å². The van der Waals surface area contributed by atoms with Gasteiger partial charge in [-0.1, -0.05) is 13.8 Å². The van der Waals surface area contributed by atoms with Crippen molar-refractivity contribution in [1.82, 2.24) is 4.90 Å². The van der Waals surface area contributed by atoms with Crippen molar-refractivity contribution in [2.45, 2.75) is 50.4 Å². The SMILES string of the molecule is CC(C)CC12CCCN1CC(Cl)C2. The summed E-state index contributed by atoms with van der Waals surface area (Å²) >= 11 is 6.25. The molecule has 2 saturated heterocycles. The molecule has 0 saturated carbocycles. The summed E-state index contributed by atoms with van der Waals surface area (Å²) in [7, 11) is 0. The molecule has 2 heteroatoms. The maximum absolute atomic E-state index is 6.25. The fraction of sp³-hybridized carbons (Fsp3) is 1.00. The third-order valence-corrected chi connectivity index (χ3v) is 3.84. The highest BCUT2D eigenvalue weighted by atomic mass is 35.5. The van der Waals surface area contributed by atoms with E-state index in [0.717, 1.165) is 12.5 Å². The summed E-state index contributed by atoms with van der Waals surface area (Å²) in [4.78, 5) is 2.64. The average molecular weight is 202 g/mol. The average Bonchev–Trinajstić information content (AvgIpc) is 2.40. The van der Waals surface area contributed by atoms with Crippen LogP contribution < -0.4 is 0 Å². The van der Waals surface area contributed by atoms with Crippen LogP contribution in [0.4, 0.5) is 0 Å². The first-order chi connectivity index (χ1) is 6.12. The lowest BCUT2D eigenvalue weighted by Crippen LogP contribution is -2.39. The Kier molecular flexibility index (Phi) is 2.59. The largest absolute Gasteiger partial charge is 0.296 e. The van der Waals surface area contributed by atoms with Gasteiger partial charge in [-0.2, -0.15) is 0 Å². The minimum absolute atomic E-state index is 0.416. The number of nitrogens with zero attached hydrogens (tertiary/aromatic N) is 1. The zero-order valence-electron chi connectivity index (χ0n) is 8.72. The van der Waals surface area contributed by atoms with Crippen molar-refractivity contribution < 1.29 is 0 Å². The Morgan fingerprint density at radius 3 is 3.00 bits per heavy atom. The van der Waals surface area contributed by atoms with Crippen molar-refractivity contribution in [2.75, 3.05) is 13.1 Å². The number of halogens is 1. The molecule has 2 fully saturated rings. The number of alkyl halides is 1. The van der Waals surface area contributed by atoms with Gasteiger partial charge in [-0.3, -0.25) is 4.90 Å². The smallest absolute Gasteiger partial charge is 0.0481 e. The highest BCUT2D eigenvalue weighted by Crippen LogP contribution is 2.44. The zero-order valence-corrected chi connectivity index (χ0v) is 9.48. The van der Waals surface area contributed by atoms with Gasteiger partial charge in [0, 0.05) is 17.5 Å². The molecule has 2 atom stereocenters. The van der Waals surface area contributed by atoms with Crippen LogP contribution in [0.25, 0.3) is 0 Å². The van der Waals surface area contributed by atoms with E-state index in [1.54, 1.807) is 0 Å². The summed E-state index contributed by atoms with van der Waals surface area (Å²) in [6.07, 6.45) is 5.34. The third kappa shape index (κ3) is 1.73. The van der Waals surface area contributed by atoms with Crippen LogP contribution in [-0.4, -0.2) is 28.9 Å². The van der Waals surface area contributed by atoms with E-state index in [2.05, 4.69) is 18.7 Å². The van der Waals surface area contributed by atoms with Crippen LogP contribution in [0.15, 0.2) is 0 Å². The van der Waals surface area contributed by atoms with Gasteiger partial charge in [0.15, 0.2) is 0 Å². The molecule has 2 aliphatic heterocycles. The molecule has 0 radical (unpaired) electrons. The molecule has 0 aromatic heterocycles. The predicted octanol–water partition coefficient (Wildman–Crippen LogP) is 2.88. The van der Waals surface area contributed by atoms with Gasteiger partial charge < -0.3 is 0 Å². The fourth-order valence-corrected chi connectivity index (χ4v) is 3.75. The van der Waals surface area contributed by atoms with Crippen molar-refractivity contribution in [3.63, 3.8) is 0 Å². The maximum atomic E-state index is 6.25. The second-order valence-corrected chi connectivity index (χ2v) is 5.79. The number of rotatable bonds is 2. The lowest BCUT2D eigenvalue weighted by molar-refractivity contribution is 0.163. The molecule has 0 aromatic carbocycles. The molecule has 2 rings (SSSR count). The lowest BCUT2D eigenvalue weighted by atomic mass is 9.85. The summed E-state index contributed by atoms with van der Waals surface area (Å²) in [5.74, 6) is 0.808. The molecule has 0 spiro atoms. The van der Waals surface area contributed by atoms with Gasteiger partial charge in [0.1, 0.15) is 0 Å². The Hall–Kier alpha value is 0.250. The monoisotopic (exact) mass is 201 g/mol. The summed E-state index contributed by atoms with van der Waals surface area (Å²) in [5, 5.41) is 0.416. The molecule has 0 aromatic rings. The second-order valence-electron chi connectivity index (χ2n) is 5.17. The number of fused-ring (bicyclic) bond motifs is 1. The van der Waals surface area contributed by atoms with Crippen molar-refractivity contribution in [1.29, 1.82) is 0 Å². The van der Waals surface area contributed by atoms with Crippen LogP contribution in [0.3, 0.4) is 0 Å². The molecule has 0 amide bonds. The molecule has 0 N–H and O–H groups in total. The molecule has 2 aliphatic rings. The lowest BCUT2D eigenvalue weighted by Gasteiger charge is -2.33. The standard InChI is InChI=1S/C11H20ClN/c1-9(2)6-11-4-3-5-13(11)8-10(12)7-11/h9-10H,3-8H2,1-2H3. The van der Waals surface area contributed by atoms with Gasteiger partial charge in [0.05, 0.1) is 0 Å². The van der Waals surface area contributed by atoms with Crippen LogP contribution in [0.1, 0.15) is 39.5 Å². The first kappa shape index (κ1) is 9.79. The summed E-state index contributed by atoms with van der Waals surface area (Å²) in [6.45, 7) is 7.07. The Balaban J connectivity index is 2.09. The van der Waals surface area contributed by atoms with Crippen LogP contribution in [-0.2, 0) is 0 Å². The predicted molar refractivity (Wildman–Crippen MR) is 57.3 cm³/mol. The normalized spacial score (nSPS) is 40.2. The zero-order chi connectivity index (χ0) is 9.47. The van der Waals surface area contributed by atoms with E-state index < -0.39 is 0 Å². The molecule has 76 valence electrons. The summed E-state index contributed by atoms with van der Waals surface area (Å²) in [6, 6.07) is 0. The molecule has 2 unspecified atom stereocenters. The number of hydrogen-bond donors (Lipinski definition) is 0. The van der Waals surface area contributed by atoms with E-state index in [4.69, 9.17) is 11.6 Å². The second kappa shape index (κ2) is 3.43. The number of hydrogen-bond acceptors (Lipinski definition) is 1. The third-order valence-electron chi connectivity index (χ3n) is 3.55. The molecule has 0 aliphatic carbocycles. The summed E-state index contributed by atoms with van der Waals surface area (Å²) in [5.41, 5.74) is 0.501. The fourth-order valence-electron chi connectivity index (χ4n) is 3.30. The molecule has 1 nitrogen and oxygen atoms in total. The van der Waals surface area contributed by atoms with E-state index in [-0.39, 0.29) is 0 Å². The Morgan fingerprint density at radius 2 is 2.31 bits per heavy atom. The molecule has 13 heavy (non-hydrogen) atoms. The van der Waals surface area contributed by atoms with Crippen molar-refractivity contribution in [3.8, 4) is 0 Å². The van der Waals surface area contributed by atoms with Crippen LogP contribution in [0, 0.1) is 5.92 Å². The van der Waals surface area contributed by atoms with E-state index in [0.29, 0.717) is 10.9 Å². The van der Waals surface area contributed by atoms with Crippen molar-refractivity contribution >= 4 is 11.6 Å². The van der Waals surface area contributed by atoms with Gasteiger partial charge in [-0.25, -0.2) is 0 Å². The van der Waals surface area contributed by atoms with Gasteiger partial charge >= 0.3 is 0 Å². The quantitative estimate of drug-likeness (QED) is 0.622. The van der Waals surface area contributed by atoms with E-state index in [9.17, 15) is 0 Å². The van der Waals surface area contributed by atoms with Crippen molar-refractivity contribution in [3.05, 3.63) is 0 Å². The van der Waals surface area contributed by atoms with Gasteiger partial charge in [-0.05, 0) is 38.1 Å². The van der Waals surface area contributed by atoms with E-state index >= 15 is 0 Å². The minimum atomic E-state index is 0.416. The first-order valence-electron chi connectivity index (χ1n) is 5.51. The van der Waals surface area contributed by atoms with E-state index in [1.807, 2.05) is 0 Å². The maximum Gasteiger partial charge on any atom is 0.0481 e. The molecule has 2 heterocycles. The van der Waals surface area contributed by atoms with Crippen LogP contribution in [0.2, 0.25) is 0 Å². The highest BCUT2D eigenvalue weighted by molar-refractivity contribution is 6.21.